The van der Waals surface area contributed by atoms with E-state index in [1.165, 1.54) is 31.5 Å². The summed E-state index contributed by atoms with van der Waals surface area (Å²) in [6.07, 6.45) is 6.52. The molecule has 1 nitrogen and oxygen atoms in total. The molecule has 0 aromatic rings. The van der Waals surface area contributed by atoms with Crippen LogP contribution >= 0.6 is 0 Å². The van der Waals surface area contributed by atoms with Crippen molar-refractivity contribution in [3.63, 3.8) is 0 Å². The Hall–Kier alpha value is -0.720. The fraction of sp³-hybridized carbons (Fsp3) is 0.636. The van der Waals surface area contributed by atoms with Crippen LogP contribution in [-0.4, -0.2) is 6.54 Å². The molecule has 12 heavy (non-hydrogen) atoms. The first kappa shape index (κ1) is 6.76. The summed E-state index contributed by atoms with van der Waals surface area (Å²) in [5.74, 6) is 1.83. The number of rotatable bonds is 0. The smallest absolute Gasteiger partial charge is 0.0334 e. The molecular formula is C11H15N. The molecule has 2 atom stereocenters. The summed E-state index contributed by atoms with van der Waals surface area (Å²) in [6.45, 7) is 3.51. The van der Waals surface area contributed by atoms with Gasteiger partial charge in [-0.15, -0.1) is 0 Å². The van der Waals surface area contributed by atoms with Gasteiger partial charge in [0.05, 0.1) is 0 Å². The lowest BCUT2D eigenvalue weighted by atomic mass is 9.90. The topological polar surface area (TPSA) is 12.0 Å². The van der Waals surface area contributed by atoms with Crippen molar-refractivity contribution in [2.75, 3.05) is 6.54 Å². The second kappa shape index (κ2) is 2.15. The molecule has 1 N–H and O–H groups in total. The minimum Gasteiger partial charge on any atom is -0.385 e. The predicted octanol–water partition coefficient (Wildman–Crippen LogP) is 2.22. The Kier molecular flexibility index (Phi) is 1.21. The van der Waals surface area contributed by atoms with Gasteiger partial charge in [0.2, 0.25) is 0 Å². The number of hydrogen-bond acceptors (Lipinski definition) is 1. The highest BCUT2D eigenvalue weighted by Gasteiger charge is 2.41. The normalized spacial score (nSPS) is 37.9. The number of fused-ring (bicyclic) bond motifs is 2. The van der Waals surface area contributed by atoms with Crippen molar-refractivity contribution in [2.24, 2.45) is 11.8 Å². The monoisotopic (exact) mass is 161 g/mol. The molecule has 0 bridgehead atoms. The lowest BCUT2D eigenvalue weighted by Crippen LogP contribution is -2.24. The van der Waals surface area contributed by atoms with Gasteiger partial charge in [0.1, 0.15) is 0 Å². The summed E-state index contributed by atoms with van der Waals surface area (Å²) in [4.78, 5) is 0. The van der Waals surface area contributed by atoms with Crippen LogP contribution in [0.4, 0.5) is 0 Å². The zero-order valence-corrected chi connectivity index (χ0v) is 7.56. The molecule has 3 aliphatic rings. The van der Waals surface area contributed by atoms with Crippen LogP contribution in [0.15, 0.2) is 22.9 Å². The number of nitrogens with one attached hydrogen (secondary N) is 1. The maximum atomic E-state index is 3.51. The van der Waals surface area contributed by atoms with Crippen molar-refractivity contribution < 1.29 is 0 Å². The number of allylic oxidation sites excluding steroid dienone is 3. The molecule has 1 heteroatoms. The Balaban J connectivity index is 2.03. The molecule has 0 aromatic carbocycles. The summed E-state index contributed by atoms with van der Waals surface area (Å²) in [7, 11) is 0. The average molecular weight is 161 g/mol. The Bertz CT molecular complexity index is 285. The quantitative estimate of drug-likeness (QED) is 0.574. The minimum absolute atomic E-state index is 0.898. The Labute approximate surface area is 73.5 Å². The van der Waals surface area contributed by atoms with Gasteiger partial charge < -0.3 is 5.32 Å². The maximum Gasteiger partial charge on any atom is 0.0334 e. The fourth-order valence-electron chi connectivity index (χ4n) is 2.63. The van der Waals surface area contributed by atoms with Crippen LogP contribution in [0.5, 0.6) is 0 Å². The third-order valence-electron chi connectivity index (χ3n) is 3.50. The van der Waals surface area contributed by atoms with Gasteiger partial charge in [-0.1, -0.05) is 11.6 Å². The van der Waals surface area contributed by atoms with Crippen molar-refractivity contribution in [3.8, 4) is 0 Å². The summed E-state index contributed by atoms with van der Waals surface area (Å²) in [5.41, 5.74) is 4.79. The highest BCUT2D eigenvalue weighted by molar-refractivity contribution is 5.44. The summed E-state index contributed by atoms with van der Waals surface area (Å²) < 4.78 is 0. The van der Waals surface area contributed by atoms with E-state index < -0.39 is 0 Å². The molecule has 2 aliphatic carbocycles. The van der Waals surface area contributed by atoms with E-state index in [-0.39, 0.29) is 0 Å². The van der Waals surface area contributed by atoms with Crippen LogP contribution in [0.1, 0.15) is 26.2 Å². The van der Waals surface area contributed by atoms with Crippen LogP contribution in [0.2, 0.25) is 0 Å². The van der Waals surface area contributed by atoms with Gasteiger partial charge in [0, 0.05) is 12.2 Å². The molecule has 0 aromatic heterocycles. The van der Waals surface area contributed by atoms with Crippen molar-refractivity contribution in [1.29, 1.82) is 0 Å². The Morgan fingerprint density at radius 2 is 2.42 bits per heavy atom. The molecule has 1 aliphatic heterocycles. The van der Waals surface area contributed by atoms with E-state index in [0.717, 1.165) is 11.8 Å². The van der Waals surface area contributed by atoms with Crippen molar-refractivity contribution in [1.82, 2.24) is 5.32 Å². The molecule has 1 heterocycles. The first-order chi connectivity index (χ1) is 5.86. The molecule has 1 saturated carbocycles. The van der Waals surface area contributed by atoms with Crippen LogP contribution < -0.4 is 5.32 Å². The van der Waals surface area contributed by atoms with Crippen molar-refractivity contribution in [3.05, 3.63) is 22.9 Å². The summed E-state index contributed by atoms with van der Waals surface area (Å²) in [6, 6.07) is 0. The average Bonchev–Trinajstić information content (AvgIpc) is 2.84. The van der Waals surface area contributed by atoms with Gasteiger partial charge in [-0.25, -0.2) is 0 Å². The second-order valence-corrected chi connectivity index (χ2v) is 4.28. The molecule has 1 saturated heterocycles. The van der Waals surface area contributed by atoms with E-state index in [9.17, 15) is 0 Å². The lowest BCUT2D eigenvalue weighted by Gasteiger charge is -2.25. The first-order valence-corrected chi connectivity index (χ1v) is 5.02. The standard InChI is InChI=1S/C11H15N/c1-7-9-3-2-4-12-11(9)6-8-5-10(7)8/h6,8,10,12H,2-5H2,1H3. The van der Waals surface area contributed by atoms with E-state index in [4.69, 9.17) is 0 Å². The maximum absolute atomic E-state index is 3.51. The molecule has 0 spiro atoms. The van der Waals surface area contributed by atoms with Gasteiger partial charge in [0.15, 0.2) is 0 Å². The van der Waals surface area contributed by atoms with Gasteiger partial charge in [0.25, 0.3) is 0 Å². The molecule has 64 valence electrons. The van der Waals surface area contributed by atoms with Crippen LogP contribution in [0.25, 0.3) is 0 Å². The molecule has 2 fully saturated rings. The van der Waals surface area contributed by atoms with Crippen molar-refractivity contribution >= 4 is 0 Å². The third kappa shape index (κ3) is 0.796. The van der Waals surface area contributed by atoms with E-state index in [0.29, 0.717) is 0 Å². The Morgan fingerprint density at radius 1 is 1.50 bits per heavy atom. The van der Waals surface area contributed by atoms with E-state index in [1.54, 1.807) is 11.1 Å². The van der Waals surface area contributed by atoms with Gasteiger partial charge >= 0.3 is 0 Å². The van der Waals surface area contributed by atoms with Crippen LogP contribution in [0.3, 0.4) is 0 Å². The molecule has 3 rings (SSSR count). The van der Waals surface area contributed by atoms with Crippen molar-refractivity contribution in [2.45, 2.75) is 26.2 Å². The zero-order valence-electron chi connectivity index (χ0n) is 7.56. The predicted molar refractivity (Wildman–Crippen MR) is 49.6 cm³/mol. The Morgan fingerprint density at radius 3 is 3.33 bits per heavy atom. The number of hydrogen-bond donors (Lipinski definition) is 1. The number of piperidine rings is 1. The third-order valence-corrected chi connectivity index (χ3v) is 3.50. The summed E-state index contributed by atoms with van der Waals surface area (Å²) in [5, 5.41) is 3.51. The fourth-order valence-corrected chi connectivity index (χ4v) is 2.63. The van der Waals surface area contributed by atoms with Gasteiger partial charge in [-0.3, -0.25) is 0 Å². The zero-order chi connectivity index (χ0) is 8.13. The van der Waals surface area contributed by atoms with Gasteiger partial charge in [-0.05, 0) is 43.6 Å². The van der Waals surface area contributed by atoms with E-state index in [1.807, 2.05) is 0 Å². The first-order valence-electron chi connectivity index (χ1n) is 5.02. The van der Waals surface area contributed by atoms with E-state index in [2.05, 4.69) is 18.3 Å². The molecule has 2 unspecified atom stereocenters. The minimum atomic E-state index is 0.898. The SMILES string of the molecule is CC1=C2CCCNC2=CC2CC12. The highest BCUT2D eigenvalue weighted by Crippen LogP contribution is 2.51. The molecule has 0 radical (unpaired) electrons. The molecule has 0 amide bonds. The lowest BCUT2D eigenvalue weighted by molar-refractivity contribution is 0.640. The molecular weight excluding hydrogens is 146 g/mol. The van der Waals surface area contributed by atoms with Crippen LogP contribution in [-0.2, 0) is 0 Å². The van der Waals surface area contributed by atoms with E-state index >= 15 is 0 Å². The highest BCUT2D eigenvalue weighted by atomic mass is 14.9. The summed E-state index contributed by atoms with van der Waals surface area (Å²) >= 11 is 0. The second-order valence-electron chi connectivity index (χ2n) is 4.28. The van der Waals surface area contributed by atoms with Gasteiger partial charge in [-0.2, -0.15) is 0 Å². The largest absolute Gasteiger partial charge is 0.385 e. The van der Waals surface area contributed by atoms with Crippen LogP contribution in [0, 0.1) is 11.8 Å².